The smallest absolute Gasteiger partial charge is 0.362 e. The van der Waals surface area contributed by atoms with Crippen LogP contribution in [0, 0.1) is 0 Å². The summed E-state index contributed by atoms with van der Waals surface area (Å²) in [5.74, 6) is 0. The first-order valence-electron chi connectivity index (χ1n) is 12.4. The third kappa shape index (κ3) is 17.7. The van der Waals surface area contributed by atoms with Crippen LogP contribution in [0.1, 0.15) is 103 Å². The summed E-state index contributed by atoms with van der Waals surface area (Å²) in [6.07, 6.45) is 25.5. The standard InChI is InChI=1S/C25H50NO4P/c1-5-6-7-8-9-10-11-12-13-14-15-16-17-18-19-20-21-22-23-25(27,31(28,29)30)24-26(2,3)4/h9-10,18-19,27H,5-8,11-17,20-24H2,1-4H3,(H-,28,29,30)/p+1/b10-9-,19-18-. The Balaban J connectivity index is 3.72. The van der Waals surface area contributed by atoms with Crippen LogP contribution in [0.5, 0.6) is 0 Å². The summed E-state index contributed by atoms with van der Waals surface area (Å²) >= 11 is 0. The van der Waals surface area contributed by atoms with Gasteiger partial charge in [0.2, 0.25) is 5.34 Å². The van der Waals surface area contributed by atoms with Crippen LogP contribution in [0.4, 0.5) is 0 Å². The molecule has 0 aromatic carbocycles. The van der Waals surface area contributed by atoms with E-state index < -0.39 is 12.9 Å². The molecule has 184 valence electrons. The van der Waals surface area contributed by atoms with Crippen LogP contribution in [-0.2, 0) is 4.57 Å². The molecule has 0 spiro atoms. The van der Waals surface area contributed by atoms with E-state index in [4.69, 9.17) is 0 Å². The van der Waals surface area contributed by atoms with Gasteiger partial charge in [-0.05, 0) is 64.2 Å². The Morgan fingerprint density at radius 1 is 0.710 bits per heavy atom. The fourth-order valence-electron chi connectivity index (χ4n) is 3.79. The van der Waals surface area contributed by atoms with Crippen LogP contribution in [0.25, 0.3) is 0 Å². The topological polar surface area (TPSA) is 77.8 Å². The number of aliphatic hydroxyl groups is 1. The maximum Gasteiger partial charge on any atom is 0.362 e. The first-order valence-corrected chi connectivity index (χ1v) is 14.0. The molecule has 0 aliphatic rings. The summed E-state index contributed by atoms with van der Waals surface area (Å²) in [6.45, 7) is 2.29. The molecule has 1 unspecified atom stereocenters. The van der Waals surface area contributed by atoms with Crippen LogP contribution in [-0.4, -0.2) is 52.4 Å². The average Bonchev–Trinajstić information content (AvgIpc) is 2.65. The maximum absolute atomic E-state index is 11.8. The lowest BCUT2D eigenvalue weighted by Crippen LogP contribution is -2.49. The predicted molar refractivity (Wildman–Crippen MR) is 133 cm³/mol. The minimum absolute atomic E-state index is 0.0440. The van der Waals surface area contributed by atoms with Gasteiger partial charge in [0.05, 0.1) is 21.1 Å². The molecule has 0 aromatic rings. The Labute approximate surface area is 192 Å². The first kappa shape index (κ1) is 30.6. The van der Waals surface area contributed by atoms with Crippen molar-refractivity contribution in [2.75, 3.05) is 27.7 Å². The highest BCUT2D eigenvalue weighted by molar-refractivity contribution is 7.53. The molecule has 0 saturated heterocycles. The zero-order valence-electron chi connectivity index (χ0n) is 20.8. The monoisotopic (exact) mass is 460 g/mol. The molecular formula is C25H51NO4P+. The van der Waals surface area contributed by atoms with Gasteiger partial charge in [-0.2, -0.15) is 0 Å². The molecule has 0 heterocycles. The van der Waals surface area contributed by atoms with Gasteiger partial charge in [-0.15, -0.1) is 0 Å². The van der Waals surface area contributed by atoms with Crippen molar-refractivity contribution < 1.29 is 23.9 Å². The lowest BCUT2D eigenvalue weighted by atomic mass is 10.1. The van der Waals surface area contributed by atoms with Crippen LogP contribution in [0.3, 0.4) is 0 Å². The van der Waals surface area contributed by atoms with Crippen LogP contribution < -0.4 is 0 Å². The van der Waals surface area contributed by atoms with E-state index in [1.54, 1.807) is 0 Å². The summed E-state index contributed by atoms with van der Waals surface area (Å²) in [7, 11) is 0.930. The van der Waals surface area contributed by atoms with Crippen LogP contribution in [0.15, 0.2) is 24.3 Å². The van der Waals surface area contributed by atoms with E-state index in [0.29, 0.717) is 10.9 Å². The molecule has 0 bridgehead atoms. The largest absolute Gasteiger partial charge is 0.373 e. The number of unbranched alkanes of at least 4 members (excludes halogenated alkanes) is 11. The second kappa shape index (κ2) is 17.1. The molecule has 3 N–H and O–H groups in total. The molecule has 0 amide bonds. The van der Waals surface area contributed by atoms with Gasteiger partial charge in [-0.25, -0.2) is 0 Å². The highest BCUT2D eigenvalue weighted by atomic mass is 31.2. The second-order valence-corrected chi connectivity index (χ2v) is 11.9. The Morgan fingerprint density at radius 2 is 1.10 bits per heavy atom. The normalized spacial score (nSPS) is 15.2. The molecular weight excluding hydrogens is 409 g/mol. The minimum atomic E-state index is -4.56. The minimum Gasteiger partial charge on any atom is -0.373 e. The Hall–Kier alpha value is -0.450. The Bertz CT molecular complexity index is 536. The van der Waals surface area contributed by atoms with Gasteiger partial charge in [0.25, 0.3) is 0 Å². The fraction of sp³-hybridized carbons (Fsp3) is 0.840. The number of hydrogen-bond acceptors (Lipinski definition) is 2. The number of likely N-dealkylation sites (N-methyl/N-ethyl adjacent to an activating group) is 1. The average molecular weight is 461 g/mol. The first-order chi connectivity index (χ1) is 14.5. The van der Waals surface area contributed by atoms with E-state index in [9.17, 15) is 19.5 Å². The number of allylic oxidation sites excluding steroid dienone is 4. The van der Waals surface area contributed by atoms with E-state index in [2.05, 4.69) is 31.2 Å². The lowest BCUT2D eigenvalue weighted by molar-refractivity contribution is -0.875. The van der Waals surface area contributed by atoms with Crippen molar-refractivity contribution in [1.82, 2.24) is 0 Å². The zero-order chi connectivity index (χ0) is 23.6. The highest BCUT2D eigenvalue weighted by Gasteiger charge is 2.48. The van der Waals surface area contributed by atoms with Crippen molar-refractivity contribution in [3.63, 3.8) is 0 Å². The third-order valence-electron chi connectivity index (χ3n) is 5.52. The van der Waals surface area contributed by atoms with Gasteiger partial charge in [0, 0.05) is 0 Å². The maximum atomic E-state index is 11.8. The van der Waals surface area contributed by atoms with Gasteiger partial charge in [-0.1, -0.05) is 63.3 Å². The van der Waals surface area contributed by atoms with Crippen molar-refractivity contribution in [3.05, 3.63) is 24.3 Å². The van der Waals surface area contributed by atoms with Crippen molar-refractivity contribution in [1.29, 1.82) is 0 Å². The molecule has 0 rings (SSSR count). The molecule has 6 heteroatoms. The number of hydrogen-bond donors (Lipinski definition) is 3. The van der Waals surface area contributed by atoms with Crippen molar-refractivity contribution >= 4 is 7.60 Å². The zero-order valence-corrected chi connectivity index (χ0v) is 21.7. The quantitative estimate of drug-likeness (QED) is 0.0834. The van der Waals surface area contributed by atoms with Gasteiger partial charge in [-0.3, -0.25) is 4.57 Å². The van der Waals surface area contributed by atoms with E-state index in [-0.39, 0.29) is 13.0 Å². The van der Waals surface area contributed by atoms with Crippen molar-refractivity contribution in [2.45, 2.75) is 109 Å². The lowest BCUT2D eigenvalue weighted by Gasteiger charge is -2.35. The molecule has 0 radical (unpaired) electrons. The summed E-state index contributed by atoms with van der Waals surface area (Å²) in [6, 6.07) is 0. The summed E-state index contributed by atoms with van der Waals surface area (Å²) in [4.78, 5) is 19.2. The molecule has 0 aliphatic heterocycles. The molecule has 0 saturated carbocycles. The van der Waals surface area contributed by atoms with Crippen molar-refractivity contribution in [2.24, 2.45) is 0 Å². The van der Waals surface area contributed by atoms with Gasteiger partial charge in [0.15, 0.2) is 0 Å². The van der Waals surface area contributed by atoms with Gasteiger partial charge in [0.1, 0.15) is 6.54 Å². The molecule has 0 aromatic heterocycles. The van der Waals surface area contributed by atoms with Crippen LogP contribution in [0.2, 0.25) is 0 Å². The van der Waals surface area contributed by atoms with Gasteiger partial charge < -0.3 is 19.4 Å². The summed E-state index contributed by atoms with van der Waals surface area (Å²) < 4.78 is 12.1. The third-order valence-corrected chi connectivity index (χ3v) is 6.97. The Kier molecular flexibility index (Phi) is 16.8. The number of nitrogens with zero attached hydrogens (tertiary/aromatic N) is 1. The molecule has 0 aliphatic carbocycles. The molecule has 1 atom stereocenters. The van der Waals surface area contributed by atoms with E-state index >= 15 is 0 Å². The van der Waals surface area contributed by atoms with E-state index in [1.807, 2.05) is 21.1 Å². The number of rotatable bonds is 20. The summed E-state index contributed by atoms with van der Waals surface area (Å²) in [5, 5.41) is 8.59. The molecule has 5 nitrogen and oxygen atoms in total. The van der Waals surface area contributed by atoms with E-state index in [0.717, 1.165) is 19.3 Å². The molecule has 0 fully saturated rings. The second-order valence-electron chi connectivity index (χ2n) is 10.0. The summed E-state index contributed by atoms with van der Waals surface area (Å²) in [5.41, 5.74) is 0. The highest BCUT2D eigenvalue weighted by Crippen LogP contribution is 2.52. The molecule has 31 heavy (non-hydrogen) atoms. The SMILES string of the molecule is CCCCC/C=C\CCCCCCC/C=C\CCCCC(O)(C[N+](C)(C)C)P(=O)(O)O. The Morgan fingerprint density at radius 3 is 1.48 bits per heavy atom. The van der Waals surface area contributed by atoms with Crippen LogP contribution >= 0.6 is 7.60 Å². The van der Waals surface area contributed by atoms with Crippen molar-refractivity contribution in [3.8, 4) is 0 Å². The fourth-order valence-corrected chi connectivity index (χ4v) is 4.84. The van der Waals surface area contributed by atoms with Gasteiger partial charge >= 0.3 is 7.60 Å². The predicted octanol–water partition coefficient (Wildman–Crippen LogP) is 6.54. The van der Waals surface area contributed by atoms with E-state index in [1.165, 1.54) is 64.2 Å². The number of quaternary nitrogens is 1.